The highest BCUT2D eigenvalue weighted by molar-refractivity contribution is 7.88. The van der Waals surface area contributed by atoms with E-state index in [2.05, 4.69) is 51.0 Å². The third-order valence-corrected chi connectivity index (χ3v) is 7.28. The number of ether oxygens (including phenoxy) is 1. The summed E-state index contributed by atoms with van der Waals surface area (Å²) in [5.41, 5.74) is 2.62. The summed E-state index contributed by atoms with van der Waals surface area (Å²) in [6.07, 6.45) is 7.89. The van der Waals surface area contributed by atoms with Gasteiger partial charge in [-0.25, -0.2) is 18.1 Å². The van der Waals surface area contributed by atoms with E-state index in [1.54, 1.807) is 12.3 Å². The lowest BCUT2D eigenvalue weighted by molar-refractivity contribution is 0.0157. The minimum absolute atomic E-state index is 0.134. The monoisotopic (exact) mass is 454 g/mol. The summed E-state index contributed by atoms with van der Waals surface area (Å²) in [5.74, 6) is 0.583. The fraction of sp³-hybridized carbons (Fsp3) is 0.500. The van der Waals surface area contributed by atoms with Crippen LogP contribution in [0.4, 0.5) is 5.69 Å². The number of sulfonamides is 1. The molecule has 1 aliphatic carbocycles. The molecule has 2 aromatic rings. The predicted octanol–water partition coefficient (Wildman–Crippen LogP) is 3.19. The predicted molar refractivity (Wildman–Crippen MR) is 124 cm³/mol. The summed E-state index contributed by atoms with van der Waals surface area (Å²) in [4.78, 5) is 6.19. The Hall–Kier alpha value is -2.47. The highest BCUT2D eigenvalue weighted by Crippen LogP contribution is 2.34. The molecule has 1 aromatic carbocycles. The van der Waals surface area contributed by atoms with Crippen molar-refractivity contribution in [3.63, 3.8) is 0 Å². The van der Waals surface area contributed by atoms with E-state index in [0.29, 0.717) is 31.2 Å². The number of rotatable bonds is 7. The molecule has 1 aliphatic heterocycles. The first-order chi connectivity index (χ1) is 15.4. The number of hydrogen-bond acceptors (Lipinski definition) is 6. The number of nitrogens with one attached hydrogen (secondary N) is 1. The van der Waals surface area contributed by atoms with Crippen LogP contribution >= 0.6 is 0 Å². The van der Waals surface area contributed by atoms with Gasteiger partial charge in [-0.3, -0.25) is 0 Å². The normalized spacial score (nSPS) is 26.1. The molecule has 0 spiro atoms. The maximum absolute atomic E-state index is 11.9. The number of hydrogen-bond donors (Lipinski definition) is 1. The average Bonchev–Trinajstić information content (AvgIpc) is 3.19. The summed E-state index contributed by atoms with van der Waals surface area (Å²) in [5, 5.41) is 9.21. The Morgan fingerprint density at radius 2 is 1.91 bits per heavy atom. The van der Waals surface area contributed by atoms with E-state index in [4.69, 9.17) is 4.74 Å². The Bertz CT molecular complexity index is 1050. The number of anilines is 1. The molecule has 1 saturated heterocycles. The molecule has 0 unspecified atom stereocenters. The Morgan fingerprint density at radius 1 is 1.16 bits per heavy atom. The first kappa shape index (κ1) is 22.7. The van der Waals surface area contributed by atoms with Gasteiger partial charge in [-0.2, -0.15) is 5.26 Å². The van der Waals surface area contributed by atoms with Crippen LogP contribution in [0, 0.1) is 11.3 Å². The van der Waals surface area contributed by atoms with E-state index in [0.717, 1.165) is 31.4 Å². The lowest BCUT2D eigenvalue weighted by Gasteiger charge is -2.33. The second-order valence-corrected chi connectivity index (χ2v) is 10.6. The van der Waals surface area contributed by atoms with Gasteiger partial charge in [0, 0.05) is 24.5 Å². The SMILES string of the molecule is CS(=O)(=O)N[C@H]1CCN(c2ccnc(C#N)c2)[C@H]1COC1CCC(c2ccccc2)CC1. The summed E-state index contributed by atoms with van der Waals surface area (Å²) in [6, 6.07) is 16.0. The van der Waals surface area contributed by atoms with Gasteiger partial charge in [0.05, 0.1) is 25.0 Å². The van der Waals surface area contributed by atoms with Gasteiger partial charge in [-0.05, 0) is 55.7 Å². The number of benzene rings is 1. The van der Waals surface area contributed by atoms with Gasteiger partial charge in [0.2, 0.25) is 10.0 Å². The number of nitriles is 1. The van der Waals surface area contributed by atoms with Crippen molar-refractivity contribution in [2.24, 2.45) is 0 Å². The molecule has 170 valence electrons. The van der Waals surface area contributed by atoms with Gasteiger partial charge in [0.15, 0.2) is 0 Å². The van der Waals surface area contributed by atoms with Gasteiger partial charge in [-0.1, -0.05) is 30.3 Å². The molecule has 7 nitrogen and oxygen atoms in total. The van der Waals surface area contributed by atoms with E-state index in [1.807, 2.05) is 6.07 Å². The molecule has 0 bridgehead atoms. The second kappa shape index (κ2) is 9.99. The van der Waals surface area contributed by atoms with Crippen LogP contribution in [0.5, 0.6) is 0 Å². The van der Waals surface area contributed by atoms with Crippen molar-refractivity contribution in [1.82, 2.24) is 9.71 Å². The topological polar surface area (TPSA) is 95.3 Å². The van der Waals surface area contributed by atoms with Crippen LogP contribution in [0.1, 0.15) is 49.3 Å². The summed E-state index contributed by atoms with van der Waals surface area (Å²) in [7, 11) is -3.34. The smallest absolute Gasteiger partial charge is 0.209 e. The Morgan fingerprint density at radius 3 is 2.59 bits per heavy atom. The fourth-order valence-electron chi connectivity index (χ4n) is 4.97. The fourth-order valence-corrected chi connectivity index (χ4v) is 5.80. The van der Waals surface area contributed by atoms with E-state index in [9.17, 15) is 13.7 Å². The van der Waals surface area contributed by atoms with E-state index in [-0.39, 0.29) is 18.2 Å². The van der Waals surface area contributed by atoms with Crippen LogP contribution < -0.4 is 9.62 Å². The van der Waals surface area contributed by atoms with Crippen LogP contribution in [-0.4, -0.2) is 51.0 Å². The minimum Gasteiger partial charge on any atom is -0.376 e. The van der Waals surface area contributed by atoms with Gasteiger partial charge < -0.3 is 9.64 Å². The third-order valence-electron chi connectivity index (χ3n) is 6.55. The maximum Gasteiger partial charge on any atom is 0.209 e. The number of nitrogens with zero attached hydrogens (tertiary/aromatic N) is 3. The van der Waals surface area contributed by atoms with Gasteiger partial charge in [0.25, 0.3) is 0 Å². The van der Waals surface area contributed by atoms with Crippen LogP contribution in [0.3, 0.4) is 0 Å². The molecule has 1 saturated carbocycles. The first-order valence-corrected chi connectivity index (χ1v) is 13.1. The quantitative estimate of drug-likeness (QED) is 0.690. The molecule has 32 heavy (non-hydrogen) atoms. The Labute approximate surface area is 190 Å². The first-order valence-electron chi connectivity index (χ1n) is 11.2. The van der Waals surface area contributed by atoms with Crippen molar-refractivity contribution in [3.05, 3.63) is 59.9 Å². The van der Waals surface area contributed by atoms with Crippen molar-refractivity contribution in [2.75, 3.05) is 24.3 Å². The molecule has 4 rings (SSSR count). The molecule has 1 N–H and O–H groups in total. The molecule has 0 radical (unpaired) electrons. The zero-order chi connectivity index (χ0) is 22.6. The summed E-state index contributed by atoms with van der Waals surface area (Å²) >= 11 is 0. The largest absolute Gasteiger partial charge is 0.376 e. The van der Waals surface area contributed by atoms with Crippen molar-refractivity contribution in [3.8, 4) is 6.07 Å². The molecule has 2 heterocycles. The van der Waals surface area contributed by atoms with Gasteiger partial charge >= 0.3 is 0 Å². The lowest BCUT2D eigenvalue weighted by atomic mass is 9.83. The molecular formula is C24H30N4O3S. The molecule has 2 atom stereocenters. The number of aromatic nitrogens is 1. The highest BCUT2D eigenvalue weighted by atomic mass is 32.2. The van der Waals surface area contributed by atoms with E-state index >= 15 is 0 Å². The van der Waals surface area contributed by atoms with Crippen LogP contribution in [0.25, 0.3) is 0 Å². The zero-order valence-electron chi connectivity index (χ0n) is 18.4. The Balaban J connectivity index is 1.41. The van der Waals surface area contributed by atoms with E-state index in [1.165, 1.54) is 11.8 Å². The van der Waals surface area contributed by atoms with Crippen LogP contribution in [0.15, 0.2) is 48.7 Å². The molecule has 0 amide bonds. The maximum atomic E-state index is 11.9. The minimum atomic E-state index is -3.34. The summed E-state index contributed by atoms with van der Waals surface area (Å²) < 4.78 is 33.0. The van der Waals surface area contributed by atoms with Crippen LogP contribution in [-0.2, 0) is 14.8 Å². The van der Waals surface area contributed by atoms with Crippen LogP contribution in [0.2, 0.25) is 0 Å². The molecule has 2 aliphatic rings. The average molecular weight is 455 g/mol. The highest BCUT2D eigenvalue weighted by Gasteiger charge is 2.37. The van der Waals surface area contributed by atoms with Gasteiger partial charge in [0.1, 0.15) is 11.8 Å². The van der Waals surface area contributed by atoms with Crippen molar-refractivity contribution >= 4 is 15.7 Å². The number of pyridine rings is 1. The standard InChI is InChI=1S/C24H30N4O3S/c1-32(29,30)27-23-12-14-28(21-11-13-26-20(15-21)16-25)24(23)17-31-22-9-7-19(8-10-22)18-5-3-2-4-6-18/h2-6,11,13,15,19,22-24,27H,7-10,12,14,17H2,1H3/t19?,22?,23-,24-/m0/s1. The molecule has 8 heteroatoms. The lowest BCUT2D eigenvalue weighted by Crippen LogP contribution is -2.48. The van der Waals surface area contributed by atoms with Crippen molar-refractivity contribution in [1.29, 1.82) is 5.26 Å². The molecular weight excluding hydrogens is 424 g/mol. The van der Waals surface area contributed by atoms with Crippen molar-refractivity contribution in [2.45, 2.75) is 56.2 Å². The zero-order valence-corrected chi connectivity index (χ0v) is 19.2. The second-order valence-electron chi connectivity index (χ2n) is 8.77. The van der Waals surface area contributed by atoms with Gasteiger partial charge in [-0.15, -0.1) is 0 Å². The van der Waals surface area contributed by atoms with E-state index < -0.39 is 10.0 Å². The summed E-state index contributed by atoms with van der Waals surface area (Å²) in [6.45, 7) is 1.13. The van der Waals surface area contributed by atoms with Crippen molar-refractivity contribution < 1.29 is 13.2 Å². The third kappa shape index (κ3) is 5.66. The molecule has 2 fully saturated rings. The molecule has 1 aromatic heterocycles. The Kier molecular flexibility index (Phi) is 7.09.